The van der Waals surface area contributed by atoms with Gasteiger partial charge in [-0.3, -0.25) is 4.79 Å². The molecule has 9 heavy (non-hydrogen) atoms. The fourth-order valence-electron chi connectivity index (χ4n) is 0.328. The number of rotatable bonds is 3. The minimum atomic E-state index is -1.55. The molecule has 0 heterocycles. The Kier molecular flexibility index (Phi) is 3.35. The van der Waals surface area contributed by atoms with Crippen molar-refractivity contribution >= 4 is 13.9 Å². The molecule has 0 saturated carbocycles. The van der Waals surface area contributed by atoms with E-state index < -0.39 is 20.0 Å². The lowest BCUT2D eigenvalue weighted by atomic mass is 10.4. The third-order valence-corrected chi connectivity index (χ3v) is 1.50. The molecule has 0 fully saturated rings. The van der Waals surface area contributed by atoms with Crippen LogP contribution in [0, 0.1) is 0 Å². The van der Waals surface area contributed by atoms with Crippen LogP contribution in [0.3, 0.4) is 0 Å². The van der Waals surface area contributed by atoms with Gasteiger partial charge in [-0.2, -0.15) is 0 Å². The van der Waals surface area contributed by atoms with Gasteiger partial charge in [0.15, 0.2) is 6.66 Å². The Balaban J connectivity index is 3.63. The van der Waals surface area contributed by atoms with Gasteiger partial charge in [0.2, 0.25) is 0 Å². The van der Waals surface area contributed by atoms with E-state index in [0.717, 1.165) is 0 Å². The molecule has 0 bridgehead atoms. The Bertz CT molecular complexity index is 136. The summed E-state index contributed by atoms with van der Waals surface area (Å²) < 4.78 is 10.3. The SMILES string of the molecule is C[C@@H](N[P+](C)=O)C(=O)O. The van der Waals surface area contributed by atoms with Crippen molar-refractivity contribution in [2.24, 2.45) is 0 Å². The summed E-state index contributed by atoms with van der Waals surface area (Å²) in [6.07, 6.45) is 0. The summed E-state index contributed by atoms with van der Waals surface area (Å²) >= 11 is 0. The van der Waals surface area contributed by atoms with Crippen LogP contribution in [0.2, 0.25) is 0 Å². The fraction of sp³-hybridized carbons (Fsp3) is 0.750. The highest BCUT2D eigenvalue weighted by atomic mass is 31.1. The maximum Gasteiger partial charge on any atom is 0.429 e. The molecule has 5 heteroatoms. The zero-order valence-electron chi connectivity index (χ0n) is 5.29. The number of carboxylic acid groups (broad SMARTS) is 1. The van der Waals surface area contributed by atoms with Crippen molar-refractivity contribution in [3.63, 3.8) is 0 Å². The molecule has 0 spiro atoms. The fourth-order valence-corrected chi connectivity index (χ4v) is 0.984. The van der Waals surface area contributed by atoms with E-state index in [4.69, 9.17) is 5.11 Å². The Morgan fingerprint density at radius 3 is 2.33 bits per heavy atom. The van der Waals surface area contributed by atoms with Crippen molar-refractivity contribution in [1.82, 2.24) is 5.09 Å². The van der Waals surface area contributed by atoms with E-state index in [1.807, 2.05) is 0 Å². The van der Waals surface area contributed by atoms with Gasteiger partial charge in [0.1, 0.15) is 6.04 Å². The number of hydrogen-bond acceptors (Lipinski definition) is 2. The van der Waals surface area contributed by atoms with Crippen molar-refractivity contribution in [2.45, 2.75) is 13.0 Å². The topological polar surface area (TPSA) is 66.4 Å². The quantitative estimate of drug-likeness (QED) is 0.572. The number of carbonyl (C=O) groups is 1. The van der Waals surface area contributed by atoms with Crippen LogP contribution < -0.4 is 5.09 Å². The Hall–Kier alpha value is -0.470. The van der Waals surface area contributed by atoms with E-state index in [0.29, 0.717) is 0 Å². The van der Waals surface area contributed by atoms with E-state index in [1.165, 1.54) is 13.6 Å². The largest absolute Gasteiger partial charge is 0.480 e. The van der Waals surface area contributed by atoms with Gasteiger partial charge >= 0.3 is 13.9 Å². The summed E-state index contributed by atoms with van der Waals surface area (Å²) in [5, 5.41) is 10.6. The highest BCUT2D eigenvalue weighted by molar-refractivity contribution is 7.41. The van der Waals surface area contributed by atoms with Crippen molar-refractivity contribution in [3.05, 3.63) is 0 Å². The van der Waals surface area contributed by atoms with E-state index >= 15 is 0 Å². The van der Waals surface area contributed by atoms with Gasteiger partial charge in [0.05, 0.1) is 0 Å². The normalized spacial score (nSPS) is 14.7. The third-order valence-electron chi connectivity index (χ3n) is 0.746. The molecule has 1 unspecified atom stereocenters. The second-order valence-electron chi connectivity index (χ2n) is 1.69. The second-order valence-corrected chi connectivity index (χ2v) is 2.94. The third kappa shape index (κ3) is 4.06. The van der Waals surface area contributed by atoms with E-state index in [2.05, 4.69) is 5.09 Å². The summed E-state index contributed by atoms with van der Waals surface area (Å²) in [5.41, 5.74) is 0. The molecular formula is C4H9NO3P+. The first-order valence-electron chi connectivity index (χ1n) is 2.44. The predicted molar refractivity (Wildman–Crippen MR) is 33.8 cm³/mol. The molecule has 0 rings (SSSR count). The zero-order valence-corrected chi connectivity index (χ0v) is 6.18. The number of hydrogen-bond donors (Lipinski definition) is 2. The molecule has 0 aromatic heterocycles. The average molecular weight is 150 g/mol. The van der Waals surface area contributed by atoms with Gasteiger partial charge < -0.3 is 5.11 Å². The molecule has 52 valence electrons. The molecule has 0 aliphatic carbocycles. The minimum Gasteiger partial charge on any atom is -0.480 e. The maximum absolute atomic E-state index is 10.3. The molecule has 2 N–H and O–H groups in total. The van der Waals surface area contributed by atoms with E-state index in [-0.39, 0.29) is 0 Å². The monoisotopic (exact) mass is 150 g/mol. The molecule has 4 nitrogen and oxygen atoms in total. The van der Waals surface area contributed by atoms with Gasteiger partial charge in [-0.15, -0.1) is 0 Å². The lowest BCUT2D eigenvalue weighted by Crippen LogP contribution is -2.28. The summed E-state index contributed by atoms with van der Waals surface area (Å²) in [6.45, 7) is 2.87. The second kappa shape index (κ2) is 3.54. The van der Waals surface area contributed by atoms with Crippen molar-refractivity contribution in [3.8, 4) is 0 Å². The highest BCUT2D eigenvalue weighted by Crippen LogP contribution is 2.06. The van der Waals surface area contributed by atoms with Crippen molar-refractivity contribution in [2.75, 3.05) is 6.66 Å². The molecule has 0 aliphatic heterocycles. The van der Waals surface area contributed by atoms with E-state index in [9.17, 15) is 9.36 Å². The zero-order chi connectivity index (χ0) is 7.44. The Labute approximate surface area is 54.1 Å². The standard InChI is InChI=1S/C4H8NO3P/c1-3(4(6)7)5-9(2)8/h3H,1-2H3,(H-,5,6,7,8)/p+1/t3-/m1/s1. The van der Waals surface area contributed by atoms with E-state index in [1.54, 1.807) is 0 Å². The van der Waals surface area contributed by atoms with Crippen LogP contribution >= 0.6 is 7.95 Å². The smallest absolute Gasteiger partial charge is 0.429 e. The molecular weight excluding hydrogens is 141 g/mol. The Morgan fingerprint density at radius 1 is 1.78 bits per heavy atom. The van der Waals surface area contributed by atoms with Crippen LogP contribution in [-0.4, -0.2) is 23.8 Å². The van der Waals surface area contributed by atoms with Crippen LogP contribution in [0.15, 0.2) is 0 Å². The first-order chi connectivity index (χ1) is 4.04. The van der Waals surface area contributed by atoms with Crippen LogP contribution in [0.4, 0.5) is 0 Å². The van der Waals surface area contributed by atoms with Crippen molar-refractivity contribution < 1.29 is 14.5 Å². The molecule has 0 saturated heterocycles. The summed E-state index contributed by atoms with van der Waals surface area (Å²) in [7, 11) is -1.55. The molecule has 0 radical (unpaired) electrons. The highest BCUT2D eigenvalue weighted by Gasteiger charge is 2.17. The summed E-state index contributed by atoms with van der Waals surface area (Å²) in [4.78, 5) is 10.0. The molecule has 0 aromatic carbocycles. The lowest BCUT2D eigenvalue weighted by molar-refractivity contribution is -0.138. The van der Waals surface area contributed by atoms with Crippen LogP contribution in [-0.2, 0) is 9.36 Å². The summed E-state index contributed by atoms with van der Waals surface area (Å²) in [5.74, 6) is -0.986. The van der Waals surface area contributed by atoms with Gasteiger partial charge in [0, 0.05) is 0 Å². The summed E-state index contributed by atoms with van der Waals surface area (Å²) in [6, 6.07) is -0.724. The first kappa shape index (κ1) is 8.53. The molecule has 0 amide bonds. The maximum atomic E-state index is 10.3. The predicted octanol–water partition coefficient (Wildman–Crippen LogP) is 0.421. The van der Waals surface area contributed by atoms with Gasteiger partial charge in [-0.1, -0.05) is 9.65 Å². The minimum absolute atomic E-state index is 0.724. The van der Waals surface area contributed by atoms with Crippen LogP contribution in [0.1, 0.15) is 6.92 Å². The van der Waals surface area contributed by atoms with Crippen LogP contribution in [0.5, 0.6) is 0 Å². The number of aliphatic carboxylic acids is 1. The van der Waals surface area contributed by atoms with Crippen molar-refractivity contribution in [1.29, 1.82) is 0 Å². The van der Waals surface area contributed by atoms with Gasteiger partial charge in [-0.25, -0.2) is 0 Å². The first-order valence-corrected chi connectivity index (χ1v) is 4.14. The van der Waals surface area contributed by atoms with Gasteiger partial charge in [-0.05, 0) is 6.92 Å². The average Bonchev–Trinajstić information content (AvgIpc) is 1.63. The Morgan fingerprint density at radius 2 is 2.22 bits per heavy atom. The number of nitrogens with one attached hydrogen (secondary N) is 1. The number of carboxylic acids is 1. The van der Waals surface area contributed by atoms with Crippen LogP contribution in [0.25, 0.3) is 0 Å². The molecule has 0 aromatic rings. The molecule has 0 aliphatic rings. The van der Waals surface area contributed by atoms with Gasteiger partial charge in [0.25, 0.3) is 0 Å². The molecule has 2 atom stereocenters. The lowest BCUT2D eigenvalue weighted by Gasteiger charge is -1.95.